The maximum Gasteiger partial charge on any atom is 0.336 e. The summed E-state index contributed by atoms with van der Waals surface area (Å²) >= 11 is 1.48. The van der Waals surface area contributed by atoms with Gasteiger partial charge in [0.15, 0.2) is 0 Å². The molecule has 1 aliphatic carbocycles. The molecular weight excluding hydrogens is 244 g/mol. The Labute approximate surface area is 110 Å². The Bertz CT molecular complexity index is 586. The zero-order chi connectivity index (χ0) is 12.5. The van der Waals surface area contributed by atoms with E-state index in [1.54, 1.807) is 5.38 Å². The van der Waals surface area contributed by atoms with Gasteiger partial charge in [-0.2, -0.15) is 11.3 Å². The van der Waals surface area contributed by atoms with Crippen LogP contribution in [0.4, 0.5) is 0 Å². The van der Waals surface area contributed by atoms with Crippen LogP contribution in [0, 0.1) is 0 Å². The fourth-order valence-electron chi connectivity index (χ4n) is 2.83. The predicted molar refractivity (Wildman–Crippen MR) is 72.5 cm³/mol. The fourth-order valence-corrected chi connectivity index (χ4v) is 3.71. The van der Waals surface area contributed by atoms with E-state index in [4.69, 9.17) is 0 Å². The van der Waals surface area contributed by atoms with Crippen LogP contribution in [0.5, 0.6) is 0 Å². The molecule has 1 atom stereocenters. The molecule has 1 aromatic carbocycles. The third-order valence-corrected chi connectivity index (χ3v) is 4.43. The molecule has 1 heterocycles. The minimum absolute atomic E-state index is 0.257. The fraction of sp³-hybridized carbons (Fsp3) is 0.267. The first-order valence-corrected chi connectivity index (χ1v) is 7.09. The predicted octanol–water partition coefficient (Wildman–Crippen LogP) is 3.91. The van der Waals surface area contributed by atoms with Crippen LogP contribution in [-0.2, 0) is 6.42 Å². The highest BCUT2D eigenvalue weighted by atomic mass is 32.1. The van der Waals surface area contributed by atoms with Gasteiger partial charge in [0.05, 0.1) is 5.56 Å². The molecule has 2 aromatic rings. The number of carboxylic acids is 1. The number of carbonyl (C=O) groups is 1. The van der Waals surface area contributed by atoms with E-state index in [9.17, 15) is 9.90 Å². The number of hydrogen-bond acceptors (Lipinski definition) is 2. The molecule has 1 N–H and O–H groups in total. The lowest BCUT2D eigenvalue weighted by atomic mass is 9.79. The summed E-state index contributed by atoms with van der Waals surface area (Å²) in [5, 5.41) is 13.0. The van der Waals surface area contributed by atoms with Crippen molar-refractivity contribution in [2.75, 3.05) is 0 Å². The molecule has 2 nitrogen and oxygen atoms in total. The van der Waals surface area contributed by atoms with Gasteiger partial charge in [-0.1, -0.05) is 24.3 Å². The van der Waals surface area contributed by atoms with Crippen molar-refractivity contribution >= 4 is 17.3 Å². The first kappa shape index (κ1) is 11.5. The van der Waals surface area contributed by atoms with Crippen molar-refractivity contribution < 1.29 is 9.90 Å². The molecule has 0 fully saturated rings. The summed E-state index contributed by atoms with van der Waals surface area (Å²) < 4.78 is 0. The normalized spacial score (nSPS) is 18.3. The summed E-state index contributed by atoms with van der Waals surface area (Å²) in [6.07, 6.45) is 3.30. The molecule has 0 bridgehead atoms. The van der Waals surface area contributed by atoms with Crippen LogP contribution in [0.15, 0.2) is 35.0 Å². The summed E-state index contributed by atoms with van der Waals surface area (Å²) in [4.78, 5) is 11.2. The van der Waals surface area contributed by atoms with Crippen LogP contribution < -0.4 is 0 Å². The summed E-state index contributed by atoms with van der Waals surface area (Å²) in [5.41, 5.74) is 4.14. The Hall–Kier alpha value is -1.61. The minimum atomic E-state index is -0.811. The quantitative estimate of drug-likeness (QED) is 0.886. The Morgan fingerprint density at radius 2 is 2.06 bits per heavy atom. The number of thiophene rings is 1. The maximum atomic E-state index is 11.2. The monoisotopic (exact) mass is 258 g/mol. The van der Waals surface area contributed by atoms with E-state index >= 15 is 0 Å². The molecule has 0 amide bonds. The van der Waals surface area contributed by atoms with Crippen LogP contribution in [0.25, 0.3) is 0 Å². The van der Waals surface area contributed by atoms with Crippen molar-refractivity contribution in [1.82, 2.24) is 0 Å². The van der Waals surface area contributed by atoms with Gasteiger partial charge >= 0.3 is 5.97 Å². The van der Waals surface area contributed by atoms with Crippen LogP contribution in [0.1, 0.15) is 45.8 Å². The Balaban J connectivity index is 2.08. The Morgan fingerprint density at radius 1 is 1.22 bits per heavy atom. The molecule has 18 heavy (non-hydrogen) atoms. The van der Waals surface area contributed by atoms with Gasteiger partial charge in [0.2, 0.25) is 0 Å². The van der Waals surface area contributed by atoms with Crippen LogP contribution in [-0.4, -0.2) is 11.1 Å². The second-order valence-electron chi connectivity index (χ2n) is 4.69. The van der Waals surface area contributed by atoms with Gasteiger partial charge in [-0.05, 0) is 41.3 Å². The van der Waals surface area contributed by atoms with E-state index in [1.807, 2.05) is 11.4 Å². The van der Waals surface area contributed by atoms with E-state index < -0.39 is 5.97 Å². The molecule has 1 aliphatic rings. The topological polar surface area (TPSA) is 37.3 Å². The lowest BCUT2D eigenvalue weighted by molar-refractivity contribution is 0.0696. The van der Waals surface area contributed by atoms with Crippen molar-refractivity contribution in [1.29, 1.82) is 0 Å². The third-order valence-electron chi connectivity index (χ3n) is 3.67. The smallest absolute Gasteiger partial charge is 0.336 e. The molecule has 3 heteroatoms. The number of rotatable bonds is 2. The number of benzene rings is 1. The highest BCUT2D eigenvalue weighted by Gasteiger charge is 2.25. The Kier molecular flexibility index (Phi) is 2.92. The summed E-state index contributed by atoms with van der Waals surface area (Å²) in [5.74, 6) is -0.554. The summed E-state index contributed by atoms with van der Waals surface area (Å²) in [6, 6.07) is 8.41. The second kappa shape index (κ2) is 4.58. The number of hydrogen-bond donors (Lipinski definition) is 1. The van der Waals surface area contributed by atoms with Crippen LogP contribution in [0.3, 0.4) is 0 Å². The van der Waals surface area contributed by atoms with Gasteiger partial charge in [-0.15, -0.1) is 0 Å². The van der Waals surface area contributed by atoms with Gasteiger partial charge in [0, 0.05) is 11.3 Å². The number of aryl methyl sites for hydroxylation is 1. The number of fused-ring (bicyclic) bond motifs is 1. The molecule has 92 valence electrons. The molecule has 3 rings (SSSR count). The van der Waals surface area contributed by atoms with E-state index in [2.05, 4.69) is 18.2 Å². The summed E-state index contributed by atoms with van der Waals surface area (Å²) in [6.45, 7) is 0. The minimum Gasteiger partial charge on any atom is -0.478 e. The summed E-state index contributed by atoms with van der Waals surface area (Å²) in [7, 11) is 0. The van der Waals surface area contributed by atoms with Crippen molar-refractivity contribution in [2.45, 2.75) is 25.2 Å². The number of carboxylic acid groups (broad SMARTS) is 1. The van der Waals surface area contributed by atoms with Crippen LogP contribution in [0.2, 0.25) is 0 Å². The third kappa shape index (κ3) is 1.85. The van der Waals surface area contributed by atoms with E-state index in [0.717, 1.165) is 24.8 Å². The molecule has 0 radical (unpaired) electrons. The first-order valence-electron chi connectivity index (χ1n) is 6.14. The SMILES string of the molecule is O=C(O)c1cscc1C1CCCc2ccccc21. The average Bonchev–Trinajstić information content (AvgIpc) is 2.87. The van der Waals surface area contributed by atoms with Crippen LogP contribution >= 0.6 is 11.3 Å². The molecule has 0 aliphatic heterocycles. The van der Waals surface area contributed by atoms with Gasteiger partial charge in [0.1, 0.15) is 0 Å². The maximum absolute atomic E-state index is 11.2. The molecule has 1 aromatic heterocycles. The zero-order valence-electron chi connectivity index (χ0n) is 9.93. The first-order chi connectivity index (χ1) is 8.77. The standard InChI is InChI=1S/C15H14O2S/c16-15(17)14-9-18-8-13(14)12-7-3-5-10-4-1-2-6-11(10)12/h1-2,4,6,8-9,12H,3,5,7H2,(H,16,17). The second-order valence-corrected chi connectivity index (χ2v) is 5.43. The molecule has 1 unspecified atom stereocenters. The highest BCUT2D eigenvalue weighted by molar-refractivity contribution is 7.08. The van der Waals surface area contributed by atoms with Gasteiger partial charge in [-0.3, -0.25) is 0 Å². The molecule has 0 saturated heterocycles. The zero-order valence-corrected chi connectivity index (χ0v) is 10.7. The largest absolute Gasteiger partial charge is 0.478 e. The van der Waals surface area contributed by atoms with E-state index in [-0.39, 0.29) is 5.92 Å². The van der Waals surface area contributed by atoms with Crippen molar-refractivity contribution in [3.63, 3.8) is 0 Å². The molecular formula is C15H14O2S. The van der Waals surface area contributed by atoms with Gasteiger partial charge in [0.25, 0.3) is 0 Å². The van der Waals surface area contributed by atoms with Crippen molar-refractivity contribution in [2.24, 2.45) is 0 Å². The van der Waals surface area contributed by atoms with Crippen molar-refractivity contribution in [3.8, 4) is 0 Å². The lowest BCUT2D eigenvalue weighted by Gasteiger charge is -2.25. The van der Waals surface area contributed by atoms with E-state index in [0.29, 0.717) is 5.56 Å². The average molecular weight is 258 g/mol. The Morgan fingerprint density at radius 3 is 2.89 bits per heavy atom. The number of aromatic carboxylic acids is 1. The highest BCUT2D eigenvalue weighted by Crippen LogP contribution is 2.39. The van der Waals surface area contributed by atoms with Gasteiger partial charge in [-0.25, -0.2) is 4.79 Å². The van der Waals surface area contributed by atoms with Crippen molar-refractivity contribution in [3.05, 3.63) is 57.3 Å². The van der Waals surface area contributed by atoms with Gasteiger partial charge < -0.3 is 5.11 Å². The lowest BCUT2D eigenvalue weighted by Crippen LogP contribution is -2.13. The van der Waals surface area contributed by atoms with E-state index in [1.165, 1.54) is 22.5 Å². The molecule has 0 spiro atoms. The molecule has 0 saturated carbocycles.